The fraction of sp³-hybridized carbons (Fsp3) is 0.545. The maximum Gasteiger partial charge on any atom is 0.125 e. The summed E-state index contributed by atoms with van der Waals surface area (Å²) in [5.74, 6) is 0.587. The van der Waals surface area contributed by atoms with Crippen molar-refractivity contribution in [1.29, 1.82) is 0 Å². The molecule has 0 aliphatic rings. The molecule has 0 aliphatic carbocycles. The summed E-state index contributed by atoms with van der Waals surface area (Å²) in [6, 6.07) is 4.48. The average Bonchev–Trinajstić information content (AvgIpc) is 2.19. The van der Waals surface area contributed by atoms with Crippen molar-refractivity contribution in [2.75, 3.05) is 17.2 Å². The van der Waals surface area contributed by atoms with Gasteiger partial charge in [-0.3, -0.25) is 0 Å². The summed E-state index contributed by atoms with van der Waals surface area (Å²) in [4.78, 5) is 6.32. The lowest BCUT2D eigenvalue weighted by atomic mass is 10.2. The van der Waals surface area contributed by atoms with Crippen LogP contribution in [0.3, 0.4) is 0 Å². The van der Waals surface area contributed by atoms with Crippen LogP contribution in [-0.4, -0.2) is 17.6 Å². The first-order chi connectivity index (χ1) is 6.69. The van der Waals surface area contributed by atoms with Crippen molar-refractivity contribution in [3.8, 4) is 0 Å². The van der Waals surface area contributed by atoms with Crippen LogP contribution in [0.1, 0.15) is 27.2 Å². The van der Waals surface area contributed by atoms with Crippen LogP contribution in [0.15, 0.2) is 18.3 Å². The number of aromatic nitrogens is 1. The van der Waals surface area contributed by atoms with Crippen LogP contribution in [0, 0.1) is 0 Å². The Labute approximate surface area is 85.9 Å². The zero-order chi connectivity index (χ0) is 10.6. The van der Waals surface area contributed by atoms with Crippen LogP contribution in [-0.2, 0) is 0 Å². The summed E-state index contributed by atoms with van der Waals surface area (Å²) in [5.41, 5.74) is 6.82. The predicted molar refractivity (Wildman–Crippen MR) is 61.4 cm³/mol. The lowest BCUT2D eigenvalue weighted by molar-refractivity contribution is 0.630. The van der Waals surface area contributed by atoms with Crippen molar-refractivity contribution in [2.24, 2.45) is 0 Å². The summed E-state index contributed by atoms with van der Waals surface area (Å²) >= 11 is 0. The minimum absolute atomic E-state index is 0.543. The Morgan fingerprint density at radius 2 is 2.21 bits per heavy atom. The van der Waals surface area contributed by atoms with E-state index >= 15 is 0 Å². The molecule has 0 bridgehead atoms. The highest BCUT2D eigenvalue weighted by molar-refractivity contribution is 5.52. The standard InChI is InChI=1S/C11H19N3/c1-4-9(3)14(5-2)10-6-7-13-11(12)8-10/h6-9H,4-5H2,1-3H3,(H2,12,13). The highest BCUT2D eigenvalue weighted by atomic mass is 15.2. The number of nitrogens with zero attached hydrogens (tertiary/aromatic N) is 2. The zero-order valence-electron chi connectivity index (χ0n) is 9.20. The van der Waals surface area contributed by atoms with Gasteiger partial charge in [-0.2, -0.15) is 0 Å². The summed E-state index contributed by atoms with van der Waals surface area (Å²) in [5, 5.41) is 0. The van der Waals surface area contributed by atoms with Crippen molar-refractivity contribution < 1.29 is 0 Å². The van der Waals surface area contributed by atoms with Crippen molar-refractivity contribution in [3.05, 3.63) is 18.3 Å². The van der Waals surface area contributed by atoms with Crippen LogP contribution in [0.4, 0.5) is 11.5 Å². The van der Waals surface area contributed by atoms with E-state index in [9.17, 15) is 0 Å². The Bertz CT molecular complexity index is 286. The molecule has 14 heavy (non-hydrogen) atoms. The lowest BCUT2D eigenvalue weighted by Crippen LogP contribution is -2.32. The number of nitrogen functional groups attached to an aromatic ring is 1. The Morgan fingerprint density at radius 1 is 1.50 bits per heavy atom. The van der Waals surface area contributed by atoms with Gasteiger partial charge < -0.3 is 10.6 Å². The summed E-state index contributed by atoms with van der Waals surface area (Å²) < 4.78 is 0. The van der Waals surface area contributed by atoms with Crippen molar-refractivity contribution in [1.82, 2.24) is 4.98 Å². The molecule has 0 radical (unpaired) electrons. The SMILES string of the molecule is CCC(C)N(CC)c1ccnc(N)c1. The second kappa shape index (κ2) is 4.84. The molecule has 1 atom stereocenters. The molecule has 0 saturated carbocycles. The fourth-order valence-electron chi connectivity index (χ4n) is 1.58. The van der Waals surface area contributed by atoms with Gasteiger partial charge in [-0.05, 0) is 26.3 Å². The Morgan fingerprint density at radius 3 is 2.71 bits per heavy atom. The molecule has 3 nitrogen and oxygen atoms in total. The molecule has 0 amide bonds. The second-order valence-corrected chi connectivity index (χ2v) is 3.48. The van der Waals surface area contributed by atoms with E-state index in [1.165, 1.54) is 0 Å². The van der Waals surface area contributed by atoms with Crippen LogP contribution in [0.2, 0.25) is 0 Å². The molecule has 0 aromatic carbocycles. The first-order valence-electron chi connectivity index (χ1n) is 5.17. The van der Waals surface area contributed by atoms with Gasteiger partial charge in [-0.25, -0.2) is 4.98 Å². The first-order valence-corrected chi connectivity index (χ1v) is 5.17. The number of hydrogen-bond acceptors (Lipinski definition) is 3. The molecule has 0 spiro atoms. The first kappa shape index (κ1) is 10.8. The quantitative estimate of drug-likeness (QED) is 0.797. The van der Waals surface area contributed by atoms with E-state index in [0.717, 1.165) is 18.7 Å². The van der Waals surface area contributed by atoms with Gasteiger partial charge in [0, 0.05) is 30.5 Å². The molecule has 0 aliphatic heterocycles. The van der Waals surface area contributed by atoms with E-state index in [2.05, 4.69) is 30.7 Å². The summed E-state index contributed by atoms with van der Waals surface area (Å²) in [6.45, 7) is 7.57. The van der Waals surface area contributed by atoms with Crippen LogP contribution in [0.5, 0.6) is 0 Å². The molecule has 1 aromatic heterocycles. The maximum atomic E-state index is 5.65. The zero-order valence-corrected chi connectivity index (χ0v) is 9.20. The van der Waals surface area contributed by atoms with E-state index in [0.29, 0.717) is 11.9 Å². The molecular formula is C11H19N3. The van der Waals surface area contributed by atoms with Gasteiger partial charge in [0.1, 0.15) is 5.82 Å². The lowest BCUT2D eigenvalue weighted by Gasteiger charge is -2.29. The van der Waals surface area contributed by atoms with Crippen molar-refractivity contribution >= 4 is 11.5 Å². The van der Waals surface area contributed by atoms with Gasteiger partial charge in [0.25, 0.3) is 0 Å². The van der Waals surface area contributed by atoms with Gasteiger partial charge >= 0.3 is 0 Å². The highest BCUT2D eigenvalue weighted by Crippen LogP contribution is 2.19. The molecule has 1 unspecified atom stereocenters. The van der Waals surface area contributed by atoms with E-state index in [4.69, 9.17) is 5.73 Å². The minimum atomic E-state index is 0.543. The van der Waals surface area contributed by atoms with Crippen molar-refractivity contribution in [2.45, 2.75) is 33.2 Å². The van der Waals surface area contributed by atoms with Gasteiger partial charge in [0.2, 0.25) is 0 Å². The van der Waals surface area contributed by atoms with Gasteiger partial charge in [-0.1, -0.05) is 6.92 Å². The molecule has 1 rings (SSSR count). The molecule has 78 valence electrons. The monoisotopic (exact) mass is 193 g/mol. The van der Waals surface area contributed by atoms with Gasteiger partial charge in [0.05, 0.1) is 0 Å². The normalized spacial score (nSPS) is 12.5. The number of nitrogens with two attached hydrogens (primary N) is 1. The molecule has 1 aromatic rings. The molecule has 0 saturated heterocycles. The molecule has 2 N–H and O–H groups in total. The fourth-order valence-corrected chi connectivity index (χ4v) is 1.58. The molecule has 3 heteroatoms. The second-order valence-electron chi connectivity index (χ2n) is 3.48. The number of hydrogen-bond donors (Lipinski definition) is 1. The molecule has 0 fully saturated rings. The van der Waals surface area contributed by atoms with Crippen LogP contribution >= 0.6 is 0 Å². The Balaban J connectivity index is 2.89. The van der Waals surface area contributed by atoms with E-state index < -0.39 is 0 Å². The number of anilines is 2. The van der Waals surface area contributed by atoms with Gasteiger partial charge in [-0.15, -0.1) is 0 Å². The van der Waals surface area contributed by atoms with Crippen molar-refractivity contribution in [3.63, 3.8) is 0 Å². The van der Waals surface area contributed by atoms with E-state index in [1.54, 1.807) is 6.20 Å². The Kier molecular flexibility index (Phi) is 3.74. The van der Waals surface area contributed by atoms with Gasteiger partial charge in [0.15, 0.2) is 0 Å². The molecule has 1 heterocycles. The predicted octanol–water partition coefficient (Wildman–Crippen LogP) is 2.29. The smallest absolute Gasteiger partial charge is 0.125 e. The number of pyridine rings is 1. The van der Waals surface area contributed by atoms with Crippen LogP contribution < -0.4 is 10.6 Å². The minimum Gasteiger partial charge on any atom is -0.384 e. The van der Waals surface area contributed by atoms with E-state index in [-0.39, 0.29) is 0 Å². The third-order valence-electron chi connectivity index (χ3n) is 2.56. The summed E-state index contributed by atoms with van der Waals surface area (Å²) in [7, 11) is 0. The molecular weight excluding hydrogens is 174 g/mol. The largest absolute Gasteiger partial charge is 0.384 e. The van der Waals surface area contributed by atoms with E-state index in [1.807, 2.05) is 12.1 Å². The third kappa shape index (κ3) is 2.37. The number of rotatable bonds is 4. The summed E-state index contributed by atoms with van der Waals surface area (Å²) in [6.07, 6.45) is 2.89. The topological polar surface area (TPSA) is 42.2 Å². The average molecular weight is 193 g/mol. The maximum absolute atomic E-state index is 5.65. The highest BCUT2D eigenvalue weighted by Gasteiger charge is 2.10. The third-order valence-corrected chi connectivity index (χ3v) is 2.56. The van der Waals surface area contributed by atoms with Crippen LogP contribution in [0.25, 0.3) is 0 Å². The Hall–Kier alpha value is -1.25.